The van der Waals surface area contributed by atoms with Crippen LogP contribution in [0.1, 0.15) is 37.4 Å². The van der Waals surface area contributed by atoms with E-state index >= 15 is 0 Å². The van der Waals surface area contributed by atoms with E-state index in [0.29, 0.717) is 17.7 Å². The average Bonchev–Trinajstić information content (AvgIpc) is 2.69. The van der Waals surface area contributed by atoms with Crippen molar-refractivity contribution in [1.82, 2.24) is 4.90 Å². The summed E-state index contributed by atoms with van der Waals surface area (Å²) in [5.74, 6) is -0.396. The Labute approximate surface area is 131 Å². The fourth-order valence-electron chi connectivity index (χ4n) is 2.69. The molecule has 0 aromatic heterocycles. The number of carbonyl (C=O) groups excluding carboxylic acids is 2. The summed E-state index contributed by atoms with van der Waals surface area (Å²) in [6, 6.07) is 11.4. The third kappa shape index (κ3) is 2.29. The molecule has 21 heavy (non-hydrogen) atoms. The lowest BCUT2D eigenvalue weighted by molar-refractivity contribution is 0.0642. The van der Waals surface area contributed by atoms with Crippen LogP contribution in [0.4, 0.5) is 0 Å². The van der Waals surface area contributed by atoms with E-state index in [9.17, 15) is 9.59 Å². The molecule has 0 spiro atoms. The number of carbonyl (C=O) groups is 2. The summed E-state index contributed by atoms with van der Waals surface area (Å²) in [5.41, 5.74) is 3.73. The van der Waals surface area contributed by atoms with Crippen molar-refractivity contribution >= 4 is 27.7 Å². The van der Waals surface area contributed by atoms with Crippen molar-refractivity contribution in [2.75, 3.05) is 0 Å². The van der Waals surface area contributed by atoms with Crippen LogP contribution in [-0.2, 0) is 6.54 Å². The monoisotopic (exact) mass is 343 g/mol. The molecular weight excluding hydrogens is 330 g/mol. The molecule has 2 aromatic rings. The van der Waals surface area contributed by atoms with Crippen molar-refractivity contribution in [3.05, 3.63) is 68.7 Å². The molecule has 0 radical (unpaired) electrons. The lowest BCUT2D eigenvalue weighted by atomic mass is 9.99. The summed E-state index contributed by atoms with van der Waals surface area (Å²) in [6.07, 6.45) is 0. The number of fused-ring (bicyclic) bond motifs is 1. The normalized spacial score (nSPS) is 13.8. The predicted molar refractivity (Wildman–Crippen MR) is 84.3 cm³/mol. The summed E-state index contributed by atoms with van der Waals surface area (Å²) in [5, 5.41) is 0. The van der Waals surface area contributed by atoms with Crippen LogP contribution in [0.2, 0.25) is 0 Å². The first-order valence-electron chi connectivity index (χ1n) is 6.70. The maximum atomic E-state index is 12.6. The van der Waals surface area contributed by atoms with Crippen LogP contribution in [0.25, 0.3) is 0 Å². The topological polar surface area (TPSA) is 37.4 Å². The summed E-state index contributed by atoms with van der Waals surface area (Å²) >= 11 is 3.40. The van der Waals surface area contributed by atoms with E-state index in [-0.39, 0.29) is 11.8 Å². The van der Waals surface area contributed by atoms with Crippen molar-refractivity contribution in [2.45, 2.75) is 20.4 Å². The molecule has 4 heteroatoms. The first kappa shape index (κ1) is 14.0. The van der Waals surface area contributed by atoms with Gasteiger partial charge in [0, 0.05) is 4.47 Å². The van der Waals surface area contributed by atoms with E-state index in [4.69, 9.17) is 0 Å². The molecule has 0 atom stereocenters. The zero-order valence-electron chi connectivity index (χ0n) is 11.8. The molecule has 0 unspecified atom stereocenters. The third-order valence-corrected chi connectivity index (χ3v) is 4.26. The highest BCUT2D eigenvalue weighted by atomic mass is 79.9. The Morgan fingerprint density at radius 2 is 1.52 bits per heavy atom. The van der Waals surface area contributed by atoms with Gasteiger partial charge in [0.15, 0.2) is 0 Å². The van der Waals surface area contributed by atoms with Gasteiger partial charge in [-0.05, 0) is 42.7 Å². The number of amides is 2. The summed E-state index contributed by atoms with van der Waals surface area (Å²) < 4.78 is 0.934. The Hall–Kier alpha value is -1.94. The quantitative estimate of drug-likeness (QED) is 0.776. The van der Waals surface area contributed by atoms with Crippen molar-refractivity contribution in [3.8, 4) is 0 Å². The highest BCUT2D eigenvalue weighted by Gasteiger charge is 2.37. The predicted octanol–water partition coefficient (Wildman–Crippen LogP) is 3.86. The highest BCUT2D eigenvalue weighted by Crippen LogP contribution is 2.30. The molecule has 1 aliphatic heterocycles. The van der Waals surface area contributed by atoms with Gasteiger partial charge in [-0.2, -0.15) is 0 Å². The Morgan fingerprint density at radius 1 is 0.952 bits per heavy atom. The SMILES string of the molecule is Cc1ccc(C)c2c1C(=O)N(Cc1cccc(Br)c1)C2=O. The van der Waals surface area contributed by atoms with Crippen molar-refractivity contribution in [3.63, 3.8) is 0 Å². The largest absolute Gasteiger partial charge is 0.270 e. The lowest BCUT2D eigenvalue weighted by Crippen LogP contribution is -2.29. The summed E-state index contributed by atoms with van der Waals surface area (Å²) in [4.78, 5) is 26.5. The molecule has 3 nitrogen and oxygen atoms in total. The molecule has 1 heterocycles. The minimum absolute atomic E-state index is 0.198. The number of nitrogens with zero attached hydrogens (tertiary/aromatic N) is 1. The second-order valence-corrected chi connectivity index (χ2v) is 6.19. The Bertz CT molecular complexity index is 726. The molecule has 2 aromatic carbocycles. The fraction of sp³-hybridized carbons (Fsp3) is 0.176. The van der Waals surface area contributed by atoms with Crippen molar-refractivity contribution in [1.29, 1.82) is 0 Å². The molecule has 2 amide bonds. The second kappa shape index (κ2) is 5.11. The first-order chi connectivity index (χ1) is 9.99. The van der Waals surface area contributed by atoms with Crippen LogP contribution in [-0.4, -0.2) is 16.7 Å². The Morgan fingerprint density at radius 3 is 2.05 bits per heavy atom. The molecule has 0 saturated carbocycles. The first-order valence-corrected chi connectivity index (χ1v) is 7.49. The minimum atomic E-state index is -0.198. The van der Waals surface area contributed by atoms with Crippen molar-refractivity contribution in [2.24, 2.45) is 0 Å². The number of benzene rings is 2. The number of hydrogen-bond donors (Lipinski definition) is 0. The highest BCUT2D eigenvalue weighted by molar-refractivity contribution is 9.10. The van der Waals surface area contributed by atoms with Gasteiger partial charge in [-0.25, -0.2) is 0 Å². The molecular formula is C17H14BrNO2. The lowest BCUT2D eigenvalue weighted by Gasteiger charge is -2.14. The van der Waals surface area contributed by atoms with Gasteiger partial charge < -0.3 is 0 Å². The molecule has 0 N–H and O–H groups in total. The van der Waals surface area contributed by atoms with E-state index in [2.05, 4.69) is 15.9 Å². The zero-order chi connectivity index (χ0) is 15.1. The van der Waals surface area contributed by atoms with E-state index in [1.807, 2.05) is 50.2 Å². The van der Waals surface area contributed by atoms with Gasteiger partial charge in [-0.15, -0.1) is 0 Å². The molecule has 0 bridgehead atoms. The minimum Gasteiger partial charge on any atom is -0.270 e. The number of imide groups is 1. The van der Waals surface area contributed by atoms with Crippen LogP contribution in [0.5, 0.6) is 0 Å². The van der Waals surface area contributed by atoms with Crippen LogP contribution in [0.3, 0.4) is 0 Å². The Balaban J connectivity index is 2.01. The molecule has 1 aliphatic rings. The second-order valence-electron chi connectivity index (χ2n) is 5.28. The molecule has 0 saturated heterocycles. The number of rotatable bonds is 2. The van der Waals surface area contributed by atoms with Gasteiger partial charge in [0.1, 0.15) is 0 Å². The zero-order valence-corrected chi connectivity index (χ0v) is 13.4. The molecule has 3 rings (SSSR count). The van der Waals surface area contributed by atoms with Crippen LogP contribution < -0.4 is 0 Å². The number of aryl methyl sites for hydroxylation is 2. The molecule has 0 fully saturated rings. The molecule has 0 aliphatic carbocycles. The summed E-state index contributed by atoms with van der Waals surface area (Å²) in [7, 11) is 0. The standard InChI is InChI=1S/C17H14BrNO2/c1-10-6-7-11(2)15-14(10)16(20)19(17(15)21)9-12-4-3-5-13(18)8-12/h3-8H,9H2,1-2H3. The van der Waals surface area contributed by atoms with Crippen LogP contribution in [0.15, 0.2) is 40.9 Å². The van der Waals surface area contributed by atoms with E-state index < -0.39 is 0 Å². The van der Waals surface area contributed by atoms with Gasteiger partial charge >= 0.3 is 0 Å². The molecule has 106 valence electrons. The van der Waals surface area contributed by atoms with E-state index in [1.165, 1.54) is 4.90 Å². The van der Waals surface area contributed by atoms with E-state index in [1.54, 1.807) is 0 Å². The van der Waals surface area contributed by atoms with Gasteiger partial charge in [0.2, 0.25) is 0 Å². The summed E-state index contributed by atoms with van der Waals surface area (Å²) in [6.45, 7) is 4.03. The van der Waals surface area contributed by atoms with E-state index in [0.717, 1.165) is 21.2 Å². The Kier molecular flexibility index (Phi) is 3.41. The van der Waals surface area contributed by atoms with Gasteiger partial charge in [-0.3, -0.25) is 14.5 Å². The number of halogens is 1. The van der Waals surface area contributed by atoms with Crippen molar-refractivity contribution < 1.29 is 9.59 Å². The maximum Gasteiger partial charge on any atom is 0.262 e. The van der Waals surface area contributed by atoms with Gasteiger partial charge in [0.05, 0.1) is 17.7 Å². The smallest absolute Gasteiger partial charge is 0.262 e. The third-order valence-electron chi connectivity index (χ3n) is 3.77. The average molecular weight is 344 g/mol. The van der Waals surface area contributed by atoms with Gasteiger partial charge in [0.25, 0.3) is 11.8 Å². The fourth-order valence-corrected chi connectivity index (χ4v) is 3.13. The van der Waals surface area contributed by atoms with Crippen LogP contribution >= 0.6 is 15.9 Å². The number of hydrogen-bond acceptors (Lipinski definition) is 2. The van der Waals surface area contributed by atoms with Gasteiger partial charge in [-0.1, -0.05) is 40.2 Å². The maximum absolute atomic E-state index is 12.6. The van der Waals surface area contributed by atoms with Crippen LogP contribution in [0, 0.1) is 13.8 Å².